The molecule has 1 fully saturated rings. The molecule has 1 N–H and O–H groups in total. The first-order chi connectivity index (χ1) is 12.1. The summed E-state index contributed by atoms with van der Waals surface area (Å²) in [5.41, 5.74) is -3.11. The molecule has 0 spiro atoms. The minimum absolute atomic E-state index is 0.286. The average molecular weight is 441 g/mol. The number of hydrogen-bond acceptors (Lipinski definition) is 7. The van der Waals surface area contributed by atoms with Gasteiger partial charge in [0.15, 0.2) is 6.23 Å². The zero-order valence-corrected chi connectivity index (χ0v) is 15.2. The molecule has 0 aromatic carbocycles. The highest BCUT2D eigenvalue weighted by Crippen LogP contribution is 2.36. The second kappa shape index (κ2) is 8.08. The molecule has 1 aliphatic rings. The molecule has 1 aromatic rings. The van der Waals surface area contributed by atoms with E-state index in [1.54, 1.807) is 4.98 Å². The summed E-state index contributed by atoms with van der Waals surface area (Å²) in [6, 6.07) is 0. The van der Waals surface area contributed by atoms with Crippen LogP contribution < -0.4 is 11.2 Å². The van der Waals surface area contributed by atoms with E-state index in [-0.39, 0.29) is 6.61 Å². The number of aromatic amines is 1. The van der Waals surface area contributed by atoms with E-state index in [1.165, 1.54) is 6.92 Å². The summed E-state index contributed by atoms with van der Waals surface area (Å²) in [6.07, 6.45) is -5.54. The average Bonchev–Trinajstić information content (AvgIpc) is 2.81. The van der Waals surface area contributed by atoms with Crippen LogP contribution in [-0.4, -0.2) is 45.1 Å². The van der Waals surface area contributed by atoms with Crippen molar-refractivity contribution in [2.24, 2.45) is 0 Å². The van der Waals surface area contributed by atoms with Gasteiger partial charge in [0.25, 0.3) is 12.0 Å². The molecule has 0 radical (unpaired) electrons. The summed E-state index contributed by atoms with van der Waals surface area (Å²) in [5.74, 6) is -1.26. The lowest BCUT2D eigenvalue weighted by Crippen LogP contribution is -2.38. The number of aromatic nitrogens is 2. The molecule has 12 heteroatoms. The maximum Gasteiger partial charge on any atom is 0.330 e. The maximum atomic E-state index is 12.9. The zero-order valence-electron chi connectivity index (χ0n) is 13.6. The van der Waals surface area contributed by atoms with E-state index < -0.39 is 58.4 Å². The fourth-order valence-electron chi connectivity index (χ4n) is 2.43. The van der Waals surface area contributed by atoms with Crippen LogP contribution in [0.1, 0.15) is 32.1 Å². The van der Waals surface area contributed by atoms with Gasteiger partial charge in [0, 0.05) is 20.0 Å². The van der Waals surface area contributed by atoms with Gasteiger partial charge in [-0.15, -0.1) is 0 Å². The topological polar surface area (TPSA) is 117 Å². The van der Waals surface area contributed by atoms with Crippen LogP contribution >= 0.6 is 15.9 Å². The number of halogens is 3. The Morgan fingerprint density at radius 2 is 2.00 bits per heavy atom. The summed E-state index contributed by atoms with van der Waals surface area (Å²) >= 11 is 3.22. The summed E-state index contributed by atoms with van der Waals surface area (Å²) in [6.45, 7) is 2.03. The van der Waals surface area contributed by atoms with E-state index in [2.05, 4.69) is 15.9 Å². The Kier molecular flexibility index (Phi) is 6.29. The number of ether oxygens (including phenoxy) is 3. The normalized spacial score (nSPS) is 25.3. The van der Waals surface area contributed by atoms with Gasteiger partial charge in [-0.05, 0) is 0 Å². The van der Waals surface area contributed by atoms with Crippen molar-refractivity contribution in [3.05, 3.63) is 32.6 Å². The monoisotopic (exact) mass is 440 g/mol. The first kappa shape index (κ1) is 20.2. The van der Waals surface area contributed by atoms with Gasteiger partial charge < -0.3 is 14.2 Å². The minimum atomic E-state index is -3.11. The number of hydrogen-bond donors (Lipinski definition) is 1. The van der Waals surface area contributed by atoms with Crippen LogP contribution in [0.3, 0.4) is 0 Å². The maximum absolute atomic E-state index is 12.9. The Balaban J connectivity index is 2.39. The van der Waals surface area contributed by atoms with Crippen molar-refractivity contribution in [2.45, 2.75) is 43.5 Å². The Morgan fingerprint density at radius 3 is 2.54 bits per heavy atom. The SMILES string of the molecule is CC(=O)OC[C@H]1O[C@@H](n2cc(C(F)F)c(=O)[nH]c2=O)[C@H](Br)[C@@H]1OC(C)=O. The first-order valence-electron chi connectivity index (χ1n) is 7.35. The van der Waals surface area contributed by atoms with Gasteiger partial charge in [-0.2, -0.15) is 0 Å². The molecular weight excluding hydrogens is 426 g/mol. The molecule has 1 saturated heterocycles. The molecule has 144 valence electrons. The third-order valence-corrected chi connectivity index (χ3v) is 4.50. The lowest BCUT2D eigenvalue weighted by atomic mass is 10.2. The third kappa shape index (κ3) is 4.36. The fraction of sp³-hybridized carbons (Fsp3) is 0.571. The largest absolute Gasteiger partial charge is 0.463 e. The van der Waals surface area contributed by atoms with Gasteiger partial charge in [0.2, 0.25) is 0 Å². The molecule has 0 unspecified atom stereocenters. The summed E-state index contributed by atoms with van der Waals surface area (Å²) in [4.78, 5) is 46.7. The number of alkyl halides is 3. The van der Waals surface area contributed by atoms with Gasteiger partial charge in [-0.1, -0.05) is 15.9 Å². The summed E-state index contributed by atoms with van der Waals surface area (Å²) < 4.78 is 42.2. The summed E-state index contributed by atoms with van der Waals surface area (Å²) in [5, 5.41) is 0. The van der Waals surface area contributed by atoms with E-state index in [0.717, 1.165) is 11.5 Å². The molecule has 0 amide bonds. The van der Waals surface area contributed by atoms with Crippen molar-refractivity contribution in [1.29, 1.82) is 0 Å². The molecule has 4 atom stereocenters. The van der Waals surface area contributed by atoms with Crippen LogP contribution in [-0.2, 0) is 23.8 Å². The van der Waals surface area contributed by atoms with Gasteiger partial charge in [-0.25, -0.2) is 13.6 Å². The molecule has 2 rings (SSSR count). The number of H-pyrrole nitrogens is 1. The number of esters is 2. The quantitative estimate of drug-likeness (QED) is 0.526. The number of carbonyl (C=O) groups excluding carboxylic acids is 2. The molecule has 1 aromatic heterocycles. The van der Waals surface area contributed by atoms with Crippen molar-refractivity contribution in [1.82, 2.24) is 9.55 Å². The first-order valence-corrected chi connectivity index (χ1v) is 8.27. The molecular formula is C14H15BrF2N2O7. The molecule has 0 aliphatic carbocycles. The predicted molar refractivity (Wildman–Crippen MR) is 85.1 cm³/mol. The highest BCUT2D eigenvalue weighted by Gasteiger charge is 2.47. The van der Waals surface area contributed by atoms with E-state index in [0.29, 0.717) is 6.20 Å². The van der Waals surface area contributed by atoms with E-state index in [9.17, 15) is 28.0 Å². The third-order valence-electron chi connectivity index (χ3n) is 3.52. The number of rotatable bonds is 5. The number of nitrogens with zero attached hydrogens (tertiary/aromatic N) is 1. The Bertz CT molecular complexity index is 809. The van der Waals surface area contributed by atoms with Crippen LogP contribution in [0.25, 0.3) is 0 Å². The second-order valence-corrected chi connectivity index (χ2v) is 6.50. The second-order valence-electron chi connectivity index (χ2n) is 5.44. The molecule has 0 saturated carbocycles. The lowest BCUT2D eigenvalue weighted by molar-refractivity contribution is -0.155. The van der Waals surface area contributed by atoms with Crippen LogP contribution in [0.5, 0.6) is 0 Å². The Morgan fingerprint density at radius 1 is 1.35 bits per heavy atom. The summed E-state index contributed by atoms with van der Waals surface area (Å²) in [7, 11) is 0. The van der Waals surface area contributed by atoms with Crippen molar-refractivity contribution >= 4 is 27.9 Å². The fourth-order valence-corrected chi connectivity index (χ4v) is 3.26. The van der Waals surface area contributed by atoms with Gasteiger partial charge >= 0.3 is 17.6 Å². The minimum Gasteiger partial charge on any atom is -0.463 e. The van der Waals surface area contributed by atoms with Crippen molar-refractivity contribution < 1.29 is 32.6 Å². The number of nitrogens with one attached hydrogen (secondary N) is 1. The van der Waals surface area contributed by atoms with Crippen LogP contribution in [0, 0.1) is 0 Å². The van der Waals surface area contributed by atoms with E-state index in [4.69, 9.17) is 14.2 Å². The van der Waals surface area contributed by atoms with Gasteiger partial charge in [0.1, 0.15) is 18.8 Å². The smallest absolute Gasteiger partial charge is 0.330 e. The van der Waals surface area contributed by atoms with Crippen molar-refractivity contribution in [3.8, 4) is 0 Å². The molecule has 1 aliphatic heterocycles. The molecule has 0 bridgehead atoms. The molecule has 2 heterocycles. The van der Waals surface area contributed by atoms with Crippen LogP contribution in [0.4, 0.5) is 8.78 Å². The molecule has 9 nitrogen and oxygen atoms in total. The van der Waals surface area contributed by atoms with Gasteiger partial charge in [0.05, 0.1) is 10.4 Å². The Hall–Kier alpha value is -2.08. The Labute approximate surface area is 153 Å². The van der Waals surface area contributed by atoms with Crippen molar-refractivity contribution in [3.63, 3.8) is 0 Å². The van der Waals surface area contributed by atoms with E-state index >= 15 is 0 Å². The van der Waals surface area contributed by atoms with E-state index in [1.807, 2.05) is 0 Å². The van der Waals surface area contributed by atoms with Gasteiger partial charge in [-0.3, -0.25) is 23.9 Å². The highest BCUT2D eigenvalue weighted by atomic mass is 79.9. The number of carbonyl (C=O) groups is 2. The standard InChI is InChI=1S/C14H15BrF2N2O7/c1-5(20)24-4-8-10(25-6(2)21)9(15)13(26-8)19-3-7(11(16)17)12(22)18-14(19)23/h3,8-11,13H,4H2,1-2H3,(H,18,22,23)/t8-,9-,10-,13-/m1/s1. The molecule has 26 heavy (non-hydrogen) atoms. The van der Waals surface area contributed by atoms with Crippen molar-refractivity contribution in [2.75, 3.05) is 6.61 Å². The zero-order chi connectivity index (χ0) is 19.6. The predicted octanol–water partition coefficient (Wildman–Crippen LogP) is 0.630. The highest BCUT2D eigenvalue weighted by molar-refractivity contribution is 9.09. The van der Waals surface area contributed by atoms with Crippen LogP contribution in [0.2, 0.25) is 0 Å². The van der Waals surface area contributed by atoms with Crippen LogP contribution in [0.15, 0.2) is 15.8 Å². The lowest BCUT2D eigenvalue weighted by Gasteiger charge is -2.19.